The Kier molecular flexibility index (Phi) is 3.45. The van der Waals surface area contributed by atoms with Crippen LogP contribution in [-0.2, 0) is 17.1 Å². The molecule has 0 aliphatic rings. The zero-order valence-electron chi connectivity index (χ0n) is 10.8. The lowest BCUT2D eigenvalue weighted by atomic mass is 10.2. The highest BCUT2D eigenvalue weighted by atomic mass is 32.2. The summed E-state index contributed by atoms with van der Waals surface area (Å²) in [5, 5.41) is 14.7. The number of aromatic nitrogens is 2. The third-order valence-corrected chi connectivity index (χ3v) is 4.10. The van der Waals surface area contributed by atoms with E-state index < -0.39 is 14.9 Å². The number of nitrogens with one attached hydrogen (secondary N) is 1. The van der Waals surface area contributed by atoms with Gasteiger partial charge in [0.25, 0.3) is 15.7 Å². The summed E-state index contributed by atoms with van der Waals surface area (Å²) in [6.45, 7) is 1.54. The van der Waals surface area contributed by atoms with Gasteiger partial charge in [-0.1, -0.05) is 6.07 Å². The van der Waals surface area contributed by atoms with Gasteiger partial charge in [0.05, 0.1) is 16.0 Å². The molecule has 0 amide bonds. The molecule has 1 heterocycles. The average Bonchev–Trinajstić information content (AvgIpc) is 2.74. The number of hydrogen-bond acceptors (Lipinski definition) is 5. The van der Waals surface area contributed by atoms with Gasteiger partial charge in [-0.2, -0.15) is 5.10 Å². The van der Waals surface area contributed by atoms with Gasteiger partial charge in [-0.05, 0) is 13.0 Å². The van der Waals surface area contributed by atoms with Gasteiger partial charge in [-0.15, -0.1) is 0 Å². The molecule has 0 radical (unpaired) electrons. The molecule has 0 spiro atoms. The highest BCUT2D eigenvalue weighted by Crippen LogP contribution is 2.23. The fourth-order valence-electron chi connectivity index (χ4n) is 1.62. The minimum atomic E-state index is -3.89. The van der Waals surface area contributed by atoms with Gasteiger partial charge in [0, 0.05) is 24.7 Å². The van der Waals surface area contributed by atoms with Gasteiger partial charge in [-0.25, -0.2) is 8.42 Å². The maximum absolute atomic E-state index is 12.2. The van der Waals surface area contributed by atoms with Crippen molar-refractivity contribution in [1.29, 1.82) is 0 Å². The second-order valence-electron chi connectivity index (χ2n) is 4.15. The number of hydrogen-bond donors (Lipinski definition) is 1. The van der Waals surface area contributed by atoms with E-state index in [1.807, 2.05) is 0 Å². The Balaban J connectivity index is 2.42. The van der Waals surface area contributed by atoms with Crippen LogP contribution in [0, 0.1) is 17.0 Å². The molecule has 20 heavy (non-hydrogen) atoms. The van der Waals surface area contributed by atoms with Gasteiger partial charge >= 0.3 is 0 Å². The Hall–Kier alpha value is -2.42. The molecule has 0 fully saturated rings. The summed E-state index contributed by atoms with van der Waals surface area (Å²) in [7, 11) is -2.31. The molecule has 2 rings (SSSR count). The number of nitro groups is 1. The number of rotatable bonds is 4. The second kappa shape index (κ2) is 4.93. The van der Waals surface area contributed by atoms with Crippen molar-refractivity contribution in [3.63, 3.8) is 0 Å². The molecule has 1 aromatic heterocycles. The molecular weight excluding hydrogens is 284 g/mol. The van der Waals surface area contributed by atoms with Crippen LogP contribution in [0.5, 0.6) is 0 Å². The van der Waals surface area contributed by atoms with Gasteiger partial charge < -0.3 is 0 Å². The van der Waals surface area contributed by atoms with E-state index in [4.69, 9.17) is 0 Å². The second-order valence-corrected chi connectivity index (χ2v) is 5.83. The van der Waals surface area contributed by atoms with E-state index in [0.717, 1.165) is 6.07 Å². The van der Waals surface area contributed by atoms with E-state index in [9.17, 15) is 18.5 Å². The van der Waals surface area contributed by atoms with Crippen LogP contribution >= 0.6 is 0 Å². The van der Waals surface area contributed by atoms with E-state index >= 15 is 0 Å². The Labute approximate surface area is 115 Å². The Morgan fingerprint density at radius 2 is 2.05 bits per heavy atom. The summed E-state index contributed by atoms with van der Waals surface area (Å²) >= 11 is 0. The summed E-state index contributed by atoms with van der Waals surface area (Å²) in [5.74, 6) is 0.272. The normalized spacial score (nSPS) is 11.3. The Morgan fingerprint density at radius 3 is 2.60 bits per heavy atom. The van der Waals surface area contributed by atoms with Crippen LogP contribution in [0.25, 0.3) is 0 Å². The summed E-state index contributed by atoms with van der Waals surface area (Å²) < 4.78 is 28.0. The third kappa shape index (κ3) is 2.62. The van der Waals surface area contributed by atoms with Crippen LogP contribution in [0.15, 0.2) is 35.4 Å². The SMILES string of the molecule is Cc1ccc(S(=O)(=O)Nc2ccnn2C)cc1[N+](=O)[O-]. The highest BCUT2D eigenvalue weighted by molar-refractivity contribution is 7.92. The first-order valence-corrected chi connectivity index (χ1v) is 7.05. The van der Waals surface area contributed by atoms with Gasteiger partial charge in [0.1, 0.15) is 5.82 Å². The standard InChI is InChI=1S/C11H12N4O4S/c1-8-3-4-9(7-10(8)15(16)17)20(18,19)13-11-5-6-12-14(11)2/h3-7,13H,1-2H3. The molecular formula is C11H12N4O4S. The Bertz CT molecular complexity index is 766. The summed E-state index contributed by atoms with van der Waals surface area (Å²) in [6, 6.07) is 5.24. The summed E-state index contributed by atoms with van der Waals surface area (Å²) in [5.41, 5.74) is 0.160. The predicted octanol–water partition coefficient (Wildman–Crippen LogP) is 1.44. The summed E-state index contributed by atoms with van der Waals surface area (Å²) in [4.78, 5) is 10.1. The van der Waals surface area contributed by atoms with E-state index in [-0.39, 0.29) is 16.4 Å². The highest BCUT2D eigenvalue weighted by Gasteiger charge is 2.20. The molecule has 9 heteroatoms. The number of nitrogens with zero attached hydrogens (tertiary/aromatic N) is 3. The van der Waals surface area contributed by atoms with Crippen LogP contribution in [0.4, 0.5) is 11.5 Å². The van der Waals surface area contributed by atoms with Crippen molar-refractivity contribution in [2.75, 3.05) is 4.72 Å². The van der Waals surface area contributed by atoms with E-state index in [1.54, 1.807) is 14.0 Å². The molecule has 8 nitrogen and oxygen atoms in total. The van der Waals surface area contributed by atoms with Crippen molar-refractivity contribution in [1.82, 2.24) is 9.78 Å². The quantitative estimate of drug-likeness (QED) is 0.678. The molecule has 1 N–H and O–H groups in total. The van der Waals surface area contributed by atoms with Crippen molar-refractivity contribution in [3.05, 3.63) is 46.1 Å². The van der Waals surface area contributed by atoms with Gasteiger partial charge in [0.2, 0.25) is 0 Å². The molecule has 0 unspecified atom stereocenters. The molecule has 2 aromatic rings. The number of nitro benzene ring substituents is 1. The molecule has 0 atom stereocenters. The first-order chi connectivity index (χ1) is 9.31. The van der Waals surface area contributed by atoms with Crippen molar-refractivity contribution in [2.24, 2.45) is 7.05 Å². The Morgan fingerprint density at radius 1 is 1.35 bits per heavy atom. The monoisotopic (exact) mass is 296 g/mol. The van der Waals surface area contributed by atoms with Crippen LogP contribution in [-0.4, -0.2) is 23.1 Å². The number of benzene rings is 1. The first-order valence-electron chi connectivity index (χ1n) is 5.57. The lowest BCUT2D eigenvalue weighted by Crippen LogP contribution is -2.15. The predicted molar refractivity (Wildman–Crippen MR) is 71.8 cm³/mol. The lowest BCUT2D eigenvalue weighted by Gasteiger charge is -2.08. The zero-order valence-corrected chi connectivity index (χ0v) is 11.6. The number of aryl methyl sites for hydroxylation is 2. The van der Waals surface area contributed by atoms with Crippen molar-refractivity contribution in [3.8, 4) is 0 Å². The first kappa shape index (κ1) is 14.0. The fourth-order valence-corrected chi connectivity index (χ4v) is 2.73. The lowest BCUT2D eigenvalue weighted by molar-refractivity contribution is -0.385. The smallest absolute Gasteiger partial charge is 0.264 e. The third-order valence-electron chi connectivity index (χ3n) is 2.75. The minimum Gasteiger partial charge on any atom is -0.264 e. The molecule has 106 valence electrons. The topological polar surface area (TPSA) is 107 Å². The molecule has 0 aliphatic heterocycles. The van der Waals surface area contributed by atoms with Crippen molar-refractivity contribution in [2.45, 2.75) is 11.8 Å². The molecule has 0 aliphatic carbocycles. The van der Waals surface area contributed by atoms with E-state index in [2.05, 4.69) is 9.82 Å². The molecule has 0 bridgehead atoms. The fraction of sp³-hybridized carbons (Fsp3) is 0.182. The zero-order chi connectivity index (χ0) is 14.9. The number of sulfonamides is 1. The van der Waals surface area contributed by atoms with Crippen LogP contribution < -0.4 is 4.72 Å². The number of anilines is 1. The van der Waals surface area contributed by atoms with Crippen molar-refractivity contribution >= 4 is 21.5 Å². The minimum absolute atomic E-state index is 0.170. The van der Waals surface area contributed by atoms with Crippen LogP contribution in [0.3, 0.4) is 0 Å². The largest absolute Gasteiger partial charge is 0.273 e. The molecule has 1 aromatic carbocycles. The molecule has 0 saturated heterocycles. The maximum atomic E-state index is 12.2. The van der Waals surface area contributed by atoms with Crippen LogP contribution in [0.1, 0.15) is 5.56 Å². The van der Waals surface area contributed by atoms with Crippen molar-refractivity contribution < 1.29 is 13.3 Å². The molecule has 0 saturated carbocycles. The van der Waals surface area contributed by atoms with E-state index in [0.29, 0.717) is 5.56 Å². The van der Waals surface area contributed by atoms with Gasteiger partial charge in [-0.3, -0.25) is 19.5 Å². The summed E-state index contributed by atoms with van der Waals surface area (Å²) in [6.07, 6.45) is 1.44. The van der Waals surface area contributed by atoms with E-state index in [1.165, 1.54) is 29.1 Å². The maximum Gasteiger partial charge on any atom is 0.273 e. The average molecular weight is 296 g/mol. The van der Waals surface area contributed by atoms with Crippen LogP contribution in [0.2, 0.25) is 0 Å². The van der Waals surface area contributed by atoms with Gasteiger partial charge in [0.15, 0.2) is 0 Å².